The molecule has 0 spiro atoms. The molecule has 2 rings (SSSR count). The summed E-state index contributed by atoms with van der Waals surface area (Å²) < 4.78 is 12.9. The van der Waals surface area contributed by atoms with Gasteiger partial charge in [-0.15, -0.1) is 0 Å². The summed E-state index contributed by atoms with van der Waals surface area (Å²) in [5.41, 5.74) is 3.09. The lowest BCUT2D eigenvalue weighted by Gasteiger charge is -2.17. The quantitative estimate of drug-likeness (QED) is 0.877. The van der Waals surface area contributed by atoms with Crippen molar-refractivity contribution < 1.29 is 14.3 Å². The molecule has 0 radical (unpaired) electrons. The zero-order chi connectivity index (χ0) is 15.4. The molecule has 0 saturated heterocycles. The minimum absolute atomic E-state index is 0.109. The van der Waals surface area contributed by atoms with Gasteiger partial charge in [-0.25, -0.2) is 9.18 Å². The van der Waals surface area contributed by atoms with Crippen molar-refractivity contribution in [2.75, 3.05) is 5.32 Å². The Balaban J connectivity index is 2.08. The maximum atomic E-state index is 12.9. The SMILES string of the molecule is Cc1ccc(C(=O)O)cc1NC(C)Cc1ccc(F)cc1. The number of aromatic carboxylic acids is 1. The van der Waals surface area contributed by atoms with Gasteiger partial charge in [0.2, 0.25) is 0 Å². The van der Waals surface area contributed by atoms with Crippen LogP contribution in [0.2, 0.25) is 0 Å². The van der Waals surface area contributed by atoms with Crippen LogP contribution in [0.3, 0.4) is 0 Å². The second-order valence-electron chi connectivity index (χ2n) is 5.21. The molecule has 0 aromatic heterocycles. The monoisotopic (exact) mass is 287 g/mol. The van der Waals surface area contributed by atoms with Crippen molar-refractivity contribution in [1.29, 1.82) is 0 Å². The third-order valence-electron chi connectivity index (χ3n) is 3.34. The average molecular weight is 287 g/mol. The van der Waals surface area contributed by atoms with Crippen LogP contribution in [0.25, 0.3) is 0 Å². The van der Waals surface area contributed by atoms with Gasteiger partial charge in [0.1, 0.15) is 5.82 Å². The zero-order valence-electron chi connectivity index (χ0n) is 12.1. The van der Waals surface area contributed by atoms with E-state index >= 15 is 0 Å². The first-order chi connectivity index (χ1) is 9.95. The van der Waals surface area contributed by atoms with E-state index in [0.29, 0.717) is 0 Å². The van der Waals surface area contributed by atoms with Gasteiger partial charge >= 0.3 is 5.97 Å². The molecular formula is C17H18FNO2. The molecule has 0 aliphatic carbocycles. The highest BCUT2D eigenvalue weighted by molar-refractivity contribution is 5.89. The maximum absolute atomic E-state index is 12.9. The number of aryl methyl sites for hydroxylation is 1. The number of carboxylic acid groups (broad SMARTS) is 1. The number of rotatable bonds is 5. The summed E-state index contributed by atoms with van der Waals surface area (Å²) in [6.45, 7) is 3.94. The van der Waals surface area contributed by atoms with Gasteiger partial charge in [0, 0.05) is 11.7 Å². The average Bonchev–Trinajstić information content (AvgIpc) is 2.43. The maximum Gasteiger partial charge on any atom is 0.335 e. The fourth-order valence-electron chi connectivity index (χ4n) is 2.20. The summed E-state index contributed by atoms with van der Waals surface area (Å²) in [4.78, 5) is 11.0. The topological polar surface area (TPSA) is 49.3 Å². The van der Waals surface area contributed by atoms with Crippen molar-refractivity contribution in [2.24, 2.45) is 0 Å². The number of carbonyl (C=O) groups is 1. The van der Waals surface area contributed by atoms with Crippen LogP contribution < -0.4 is 5.32 Å². The van der Waals surface area contributed by atoms with E-state index in [1.807, 2.05) is 13.8 Å². The van der Waals surface area contributed by atoms with Crippen molar-refractivity contribution in [3.63, 3.8) is 0 Å². The Morgan fingerprint density at radius 3 is 2.52 bits per heavy atom. The van der Waals surface area contributed by atoms with Gasteiger partial charge in [-0.2, -0.15) is 0 Å². The summed E-state index contributed by atoms with van der Waals surface area (Å²) in [6.07, 6.45) is 0.733. The minimum atomic E-state index is -0.941. The fraction of sp³-hybridized carbons (Fsp3) is 0.235. The summed E-state index contributed by atoms with van der Waals surface area (Å²) in [7, 11) is 0. The number of benzene rings is 2. The van der Waals surface area contributed by atoms with E-state index in [4.69, 9.17) is 5.11 Å². The summed E-state index contributed by atoms with van der Waals surface area (Å²) >= 11 is 0. The lowest BCUT2D eigenvalue weighted by molar-refractivity contribution is 0.0697. The van der Waals surface area contributed by atoms with Gasteiger partial charge in [0.25, 0.3) is 0 Å². The van der Waals surface area contributed by atoms with E-state index < -0.39 is 5.97 Å². The van der Waals surface area contributed by atoms with Crippen LogP contribution in [0, 0.1) is 12.7 Å². The molecule has 0 heterocycles. The molecule has 3 nitrogen and oxygen atoms in total. The molecule has 110 valence electrons. The predicted octanol–water partition coefficient (Wildman–Crippen LogP) is 3.88. The van der Waals surface area contributed by atoms with Crippen molar-refractivity contribution in [3.8, 4) is 0 Å². The minimum Gasteiger partial charge on any atom is -0.478 e. The number of nitrogens with one attached hydrogen (secondary N) is 1. The molecular weight excluding hydrogens is 269 g/mol. The van der Waals surface area contributed by atoms with Crippen LogP contribution >= 0.6 is 0 Å². The van der Waals surface area contributed by atoms with Crippen molar-refractivity contribution in [2.45, 2.75) is 26.3 Å². The Morgan fingerprint density at radius 2 is 1.90 bits per heavy atom. The molecule has 2 N–H and O–H groups in total. The van der Waals surface area contributed by atoms with Crippen LogP contribution in [0.5, 0.6) is 0 Å². The summed E-state index contributed by atoms with van der Waals surface area (Å²) in [5.74, 6) is -1.19. The highest BCUT2D eigenvalue weighted by Gasteiger charge is 2.09. The number of carboxylic acids is 1. The van der Waals surface area contributed by atoms with Gasteiger partial charge in [-0.3, -0.25) is 0 Å². The van der Waals surface area contributed by atoms with Crippen molar-refractivity contribution in [1.82, 2.24) is 0 Å². The lowest BCUT2D eigenvalue weighted by atomic mass is 10.1. The van der Waals surface area contributed by atoms with Crippen LogP contribution in [0.4, 0.5) is 10.1 Å². The van der Waals surface area contributed by atoms with E-state index in [1.54, 1.807) is 30.3 Å². The molecule has 0 fully saturated rings. The summed E-state index contributed by atoms with van der Waals surface area (Å²) in [5, 5.41) is 12.3. The first-order valence-corrected chi connectivity index (χ1v) is 6.80. The van der Waals surface area contributed by atoms with Crippen LogP contribution in [-0.4, -0.2) is 17.1 Å². The first kappa shape index (κ1) is 15.0. The Kier molecular flexibility index (Phi) is 4.58. The normalized spacial score (nSPS) is 12.0. The predicted molar refractivity (Wildman–Crippen MR) is 81.3 cm³/mol. The van der Waals surface area contributed by atoms with Crippen molar-refractivity contribution >= 4 is 11.7 Å². The highest BCUT2D eigenvalue weighted by Crippen LogP contribution is 2.19. The third-order valence-corrected chi connectivity index (χ3v) is 3.34. The summed E-state index contributed by atoms with van der Waals surface area (Å²) in [6, 6.07) is 11.5. The van der Waals surface area contributed by atoms with Crippen LogP contribution in [-0.2, 0) is 6.42 Å². The standard InChI is InChI=1S/C17H18FNO2/c1-11-3-6-14(17(20)21)10-16(11)19-12(2)9-13-4-7-15(18)8-5-13/h3-8,10,12,19H,9H2,1-2H3,(H,20,21). The Bertz CT molecular complexity index is 638. The molecule has 1 unspecified atom stereocenters. The van der Waals surface area contributed by atoms with E-state index in [0.717, 1.165) is 23.2 Å². The third kappa shape index (κ3) is 4.05. The van der Waals surface area contributed by atoms with Crippen LogP contribution in [0.1, 0.15) is 28.4 Å². The number of halogens is 1. The molecule has 0 aliphatic rings. The zero-order valence-corrected chi connectivity index (χ0v) is 12.1. The molecule has 0 bridgehead atoms. The first-order valence-electron chi connectivity index (χ1n) is 6.80. The Morgan fingerprint density at radius 1 is 1.24 bits per heavy atom. The second kappa shape index (κ2) is 6.39. The lowest BCUT2D eigenvalue weighted by Crippen LogP contribution is -2.19. The van der Waals surface area contributed by atoms with Gasteiger partial charge in [-0.1, -0.05) is 18.2 Å². The second-order valence-corrected chi connectivity index (χ2v) is 5.21. The molecule has 0 aliphatic heterocycles. The Hall–Kier alpha value is -2.36. The largest absolute Gasteiger partial charge is 0.478 e. The fourth-order valence-corrected chi connectivity index (χ4v) is 2.20. The van der Waals surface area contributed by atoms with Gasteiger partial charge in [0.05, 0.1) is 5.56 Å². The van der Waals surface area contributed by atoms with Gasteiger partial charge in [-0.05, 0) is 55.7 Å². The van der Waals surface area contributed by atoms with Gasteiger partial charge < -0.3 is 10.4 Å². The smallest absolute Gasteiger partial charge is 0.335 e. The van der Waals surface area contributed by atoms with E-state index in [1.165, 1.54) is 12.1 Å². The molecule has 0 amide bonds. The molecule has 0 saturated carbocycles. The van der Waals surface area contributed by atoms with E-state index in [2.05, 4.69) is 5.32 Å². The number of hydrogen-bond acceptors (Lipinski definition) is 2. The molecule has 2 aromatic rings. The number of anilines is 1. The van der Waals surface area contributed by atoms with Crippen LogP contribution in [0.15, 0.2) is 42.5 Å². The Labute approximate surface area is 123 Å². The highest BCUT2D eigenvalue weighted by atomic mass is 19.1. The van der Waals surface area contributed by atoms with Crippen molar-refractivity contribution in [3.05, 3.63) is 65.0 Å². The van der Waals surface area contributed by atoms with E-state index in [-0.39, 0.29) is 17.4 Å². The van der Waals surface area contributed by atoms with E-state index in [9.17, 15) is 9.18 Å². The molecule has 2 aromatic carbocycles. The molecule has 21 heavy (non-hydrogen) atoms. The number of hydrogen-bond donors (Lipinski definition) is 2. The molecule has 1 atom stereocenters. The molecule has 4 heteroatoms. The van der Waals surface area contributed by atoms with Gasteiger partial charge in [0.15, 0.2) is 0 Å².